The first-order valence-electron chi connectivity index (χ1n) is 12.8. The molecule has 0 aromatic heterocycles. The van der Waals surface area contributed by atoms with Crippen molar-refractivity contribution in [1.82, 2.24) is 10.2 Å². The molecule has 1 aromatic rings. The lowest BCUT2D eigenvalue weighted by molar-refractivity contribution is -0.140. The van der Waals surface area contributed by atoms with E-state index < -0.39 is 53.6 Å². The van der Waals surface area contributed by atoms with Crippen LogP contribution in [0.1, 0.15) is 68.8 Å². The maximum atomic E-state index is 14.3. The SMILES string of the molecule is COCC1(C)Oc2cc(C(F)(F)F)c(C(=O)N(C(C)C)C3CCCCC3)cc2N(CCNC(=O)C(F)F)C1=O. The number of hydrogen-bond acceptors (Lipinski definition) is 5. The van der Waals surface area contributed by atoms with Gasteiger partial charge in [0, 0.05) is 32.3 Å². The van der Waals surface area contributed by atoms with Crippen molar-refractivity contribution in [3.8, 4) is 5.75 Å². The van der Waals surface area contributed by atoms with Gasteiger partial charge in [0.05, 0.1) is 23.4 Å². The number of carbonyl (C=O) groups is 3. The van der Waals surface area contributed by atoms with Crippen molar-refractivity contribution in [2.24, 2.45) is 0 Å². The summed E-state index contributed by atoms with van der Waals surface area (Å²) in [6.07, 6.45) is -4.16. The third kappa shape index (κ3) is 6.62. The zero-order chi connectivity index (χ0) is 29.1. The summed E-state index contributed by atoms with van der Waals surface area (Å²) >= 11 is 0. The molecule has 0 bridgehead atoms. The van der Waals surface area contributed by atoms with E-state index in [1.807, 2.05) is 5.32 Å². The summed E-state index contributed by atoms with van der Waals surface area (Å²) in [6.45, 7) is 3.70. The number of hydrogen-bond donors (Lipinski definition) is 1. The minimum absolute atomic E-state index is 0.136. The second kappa shape index (κ2) is 12.1. The van der Waals surface area contributed by atoms with Crippen molar-refractivity contribution in [2.45, 2.75) is 83.2 Å². The number of nitrogens with one attached hydrogen (secondary N) is 1. The van der Waals surface area contributed by atoms with Crippen molar-refractivity contribution >= 4 is 23.4 Å². The zero-order valence-electron chi connectivity index (χ0n) is 22.4. The molecule has 1 aromatic carbocycles. The number of halogens is 5. The molecule has 13 heteroatoms. The van der Waals surface area contributed by atoms with Gasteiger partial charge >= 0.3 is 12.6 Å². The Morgan fingerprint density at radius 3 is 2.38 bits per heavy atom. The molecule has 1 atom stereocenters. The number of ether oxygens (including phenoxy) is 2. The van der Waals surface area contributed by atoms with Crippen LogP contribution in [0, 0.1) is 0 Å². The molecule has 3 rings (SSSR count). The predicted octanol–water partition coefficient (Wildman–Crippen LogP) is 4.40. The standard InChI is InChI=1S/C26H34F5N3O5/c1-15(2)34(16-8-6-5-7-9-16)23(36)17-12-19-20(13-18(17)26(29,30)31)39-25(3,14-38-4)24(37)33(19)11-10-32-22(35)21(27)28/h12-13,15-16,21H,5-11,14H2,1-4H3,(H,32,35). The van der Waals surface area contributed by atoms with Crippen LogP contribution in [0.2, 0.25) is 0 Å². The fourth-order valence-corrected chi connectivity index (χ4v) is 5.23. The van der Waals surface area contributed by atoms with Crippen molar-refractivity contribution < 1.29 is 45.8 Å². The van der Waals surface area contributed by atoms with Gasteiger partial charge in [0.2, 0.25) is 5.60 Å². The number of anilines is 1. The van der Waals surface area contributed by atoms with E-state index in [1.165, 1.54) is 18.9 Å². The van der Waals surface area contributed by atoms with Crippen LogP contribution in [0.4, 0.5) is 27.6 Å². The van der Waals surface area contributed by atoms with Gasteiger partial charge in [-0.25, -0.2) is 0 Å². The van der Waals surface area contributed by atoms with Crippen LogP contribution >= 0.6 is 0 Å². The first kappa shape index (κ1) is 30.6. The third-order valence-electron chi connectivity index (χ3n) is 6.97. The molecule has 0 saturated heterocycles. The van der Waals surface area contributed by atoms with Crippen LogP contribution in [0.5, 0.6) is 5.75 Å². The Bertz CT molecular complexity index is 1070. The Hall–Kier alpha value is -2.96. The van der Waals surface area contributed by atoms with Gasteiger partial charge in [0.15, 0.2) is 0 Å². The molecule has 3 amide bonds. The Morgan fingerprint density at radius 1 is 1.21 bits per heavy atom. The molecule has 1 aliphatic carbocycles. The highest BCUT2D eigenvalue weighted by Gasteiger charge is 2.47. The molecule has 218 valence electrons. The van der Waals surface area contributed by atoms with Crippen LogP contribution < -0.4 is 15.0 Å². The van der Waals surface area contributed by atoms with Crippen LogP contribution in [0.3, 0.4) is 0 Å². The van der Waals surface area contributed by atoms with Gasteiger partial charge in [-0.05, 0) is 45.7 Å². The van der Waals surface area contributed by atoms with Gasteiger partial charge in [-0.15, -0.1) is 0 Å². The summed E-state index contributed by atoms with van der Waals surface area (Å²) in [5.74, 6) is -3.43. The normalized spacial score (nSPS) is 20.2. The zero-order valence-corrected chi connectivity index (χ0v) is 22.4. The molecule has 1 unspecified atom stereocenters. The number of carbonyl (C=O) groups excluding carboxylic acids is 3. The highest BCUT2D eigenvalue weighted by molar-refractivity contribution is 6.05. The molecule has 1 saturated carbocycles. The molecule has 0 spiro atoms. The van der Waals surface area contributed by atoms with E-state index in [-0.39, 0.29) is 36.7 Å². The van der Waals surface area contributed by atoms with E-state index in [0.717, 1.165) is 30.2 Å². The monoisotopic (exact) mass is 563 g/mol. The summed E-state index contributed by atoms with van der Waals surface area (Å²) < 4.78 is 79.0. The Balaban J connectivity index is 2.12. The molecule has 1 aliphatic heterocycles. The van der Waals surface area contributed by atoms with Gasteiger partial charge in [-0.1, -0.05) is 19.3 Å². The number of amides is 3. The average Bonchev–Trinajstić information content (AvgIpc) is 2.85. The quantitative estimate of drug-likeness (QED) is 0.450. The molecule has 39 heavy (non-hydrogen) atoms. The second-order valence-electron chi connectivity index (χ2n) is 10.3. The summed E-state index contributed by atoms with van der Waals surface area (Å²) in [7, 11) is 1.28. The molecule has 0 radical (unpaired) electrons. The van der Waals surface area contributed by atoms with Crippen LogP contribution in [-0.4, -0.2) is 73.5 Å². The lowest BCUT2D eigenvalue weighted by Gasteiger charge is -2.41. The number of benzene rings is 1. The average molecular weight is 564 g/mol. The minimum Gasteiger partial charge on any atom is -0.473 e. The van der Waals surface area contributed by atoms with E-state index in [0.29, 0.717) is 18.9 Å². The van der Waals surface area contributed by atoms with E-state index >= 15 is 0 Å². The lowest BCUT2D eigenvalue weighted by Crippen LogP contribution is -2.58. The number of rotatable bonds is 9. The van der Waals surface area contributed by atoms with E-state index in [9.17, 15) is 36.3 Å². The number of nitrogens with zero attached hydrogens (tertiary/aromatic N) is 2. The van der Waals surface area contributed by atoms with Gasteiger partial charge in [-0.3, -0.25) is 14.4 Å². The Labute approximate surface area is 223 Å². The number of methoxy groups -OCH3 is 1. The van der Waals surface area contributed by atoms with Crippen molar-refractivity contribution in [2.75, 3.05) is 31.7 Å². The minimum atomic E-state index is -4.92. The molecular formula is C26H34F5N3O5. The van der Waals surface area contributed by atoms with Crippen molar-refractivity contribution in [3.63, 3.8) is 0 Å². The summed E-state index contributed by atoms with van der Waals surface area (Å²) in [4.78, 5) is 41.0. The first-order chi connectivity index (χ1) is 18.2. The molecule has 8 nitrogen and oxygen atoms in total. The largest absolute Gasteiger partial charge is 0.473 e. The van der Waals surface area contributed by atoms with Crippen LogP contribution in [0.25, 0.3) is 0 Å². The Morgan fingerprint density at radius 2 is 1.85 bits per heavy atom. The van der Waals surface area contributed by atoms with E-state index in [4.69, 9.17) is 9.47 Å². The molecule has 1 N–H and O–H groups in total. The smallest absolute Gasteiger partial charge is 0.417 e. The van der Waals surface area contributed by atoms with Gasteiger partial charge in [-0.2, -0.15) is 22.0 Å². The summed E-state index contributed by atoms with van der Waals surface area (Å²) in [5, 5.41) is 1.98. The third-order valence-corrected chi connectivity index (χ3v) is 6.97. The topological polar surface area (TPSA) is 88.2 Å². The summed E-state index contributed by atoms with van der Waals surface area (Å²) in [6, 6.07) is 1.04. The van der Waals surface area contributed by atoms with Crippen LogP contribution in [0.15, 0.2) is 12.1 Å². The van der Waals surface area contributed by atoms with E-state index in [1.54, 1.807) is 13.8 Å². The number of alkyl halides is 5. The van der Waals surface area contributed by atoms with Gasteiger partial charge in [0.1, 0.15) is 5.75 Å². The van der Waals surface area contributed by atoms with Crippen LogP contribution in [-0.2, 0) is 20.5 Å². The first-order valence-corrected chi connectivity index (χ1v) is 12.8. The summed E-state index contributed by atoms with van der Waals surface area (Å²) in [5.41, 5.74) is -3.74. The second-order valence-corrected chi connectivity index (χ2v) is 10.3. The van der Waals surface area contributed by atoms with Crippen molar-refractivity contribution in [1.29, 1.82) is 0 Å². The fraction of sp³-hybridized carbons (Fsp3) is 0.654. The maximum Gasteiger partial charge on any atom is 0.417 e. The molecule has 1 heterocycles. The molecule has 1 fully saturated rings. The lowest BCUT2D eigenvalue weighted by atomic mass is 9.92. The molecular weight excluding hydrogens is 529 g/mol. The number of fused-ring (bicyclic) bond motifs is 1. The fourth-order valence-electron chi connectivity index (χ4n) is 5.23. The highest BCUT2D eigenvalue weighted by Crippen LogP contribution is 2.44. The predicted molar refractivity (Wildman–Crippen MR) is 132 cm³/mol. The Kier molecular flexibility index (Phi) is 9.45. The highest BCUT2D eigenvalue weighted by atomic mass is 19.4. The molecule has 2 aliphatic rings. The van der Waals surface area contributed by atoms with Gasteiger partial charge < -0.3 is 24.6 Å². The van der Waals surface area contributed by atoms with E-state index in [2.05, 4.69) is 0 Å². The van der Waals surface area contributed by atoms with Gasteiger partial charge in [0.25, 0.3) is 17.7 Å². The maximum absolute atomic E-state index is 14.3. The van der Waals surface area contributed by atoms with Crippen molar-refractivity contribution in [3.05, 3.63) is 23.3 Å².